The van der Waals surface area contributed by atoms with Gasteiger partial charge in [-0.2, -0.15) is 0 Å². The lowest BCUT2D eigenvalue weighted by molar-refractivity contribution is -0.136. The van der Waals surface area contributed by atoms with Crippen molar-refractivity contribution in [2.45, 2.75) is 19.8 Å². The second-order valence-corrected chi connectivity index (χ2v) is 7.16. The van der Waals surface area contributed by atoms with Crippen LogP contribution < -0.4 is 0 Å². The molecule has 1 N–H and O–H groups in total. The van der Waals surface area contributed by atoms with Crippen molar-refractivity contribution >= 4 is 5.97 Å². The van der Waals surface area contributed by atoms with Crippen LogP contribution in [-0.2, 0) is 11.2 Å². The van der Waals surface area contributed by atoms with Crippen LogP contribution in [0.25, 0.3) is 28.1 Å². The van der Waals surface area contributed by atoms with E-state index in [2.05, 4.69) is 66.1 Å². The van der Waals surface area contributed by atoms with E-state index in [9.17, 15) is 4.79 Å². The third-order valence-electron chi connectivity index (χ3n) is 5.20. The fourth-order valence-corrected chi connectivity index (χ4v) is 3.77. The van der Waals surface area contributed by atoms with Gasteiger partial charge in [-0.15, -0.1) is 0 Å². The first-order chi connectivity index (χ1) is 14.1. The normalized spacial score (nSPS) is 10.8. The lowest BCUT2D eigenvalue weighted by Crippen LogP contribution is -2.02. The highest BCUT2D eigenvalue weighted by Crippen LogP contribution is 2.35. The molecule has 3 heteroatoms. The van der Waals surface area contributed by atoms with E-state index >= 15 is 0 Å². The summed E-state index contributed by atoms with van der Waals surface area (Å²) in [5.41, 5.74) is 7.88. The molecule has 4 aromatic rings. The molecule has 0 aliphatic rings. The molecular weight excluding hydrogens is 358 g/mol. The number of aliphatic carboxylic acids is 1. The Bertz CT molecular complexity index is 1130. The van der Waals surface area contributed by atoms with Crippen molar-refractivity contribution in [2.24, 2.45) is 0 Å². The van der Waals surface area contributed by atoms with Crippen molar-refractivity contribution in [3.05, 3.63) is 102 Å². The molecule has 0 aliphatic carbocycles. The number of rotatable bonds is 6. The summed E-state index contributed by atoms with van der Waals surface area (Å²) in [7, 11) is 0. The Morgan fingerprint density at radius 1 is 0.828 bits per heavy atom. The molecule has 4 rings (SSSR count). The Hall–Kier alpha value is -3.59. The average Bonchev–Trinajstić information content (AvgIpc) is 3.11. The zero-order valence-electron chi connectivity index (χ0n) is 16.4. The van der Waals surface area contributed by atoms with Gasteiger partial charge in [0.2, 0.25) is 0 Å². The summed E-state index contributed by atoms with van der Waals surface area (Å²) in [5, 5.41) is 9.02. The molecule has 0 atom stereocenters. The van der Waals surface area contributed by atoms with E-state index in [4.69, 9.17) is 5.11 Å². The van der Waals surface area contributed by atoms with Crippen LogP contribution in [0.15, 0.2) is 91.0 Å². The van der Waals surface area contributed by atoms with Crippen LogP contribution in [0.5, 0.6) is 0 Å². The van der Waals surface area contributed by atoms with Gasteiger partial charge in [-0.3, -0.25) is 4.79 Å². The van der Waals surface area contributed by atoms with Crippen molar-refractivity contribution in [2.75, 3.05) is 0 Å². The van der Waals surface area contributed by atoms with E-state index in [0.29, 0.717) is 6.42 Å². The largest absolute Gasteiger partial charge is 0.481 e. The van der Waals surface area contributed by atoms with Crippen molar-refractivity contribution < 1.29 is 9.90 Å². The molecule has 0 bridgehead atoms. The average molecular weight is 381 g/mol. The number of carboxylic acid groups (broad SMARTS) is 1. The van der Waals surface area contributed by atoms with Crippen LogP contribution in [0.4, 0.5) is 0 Å². The maximum absolute atomic E-state index is 11.0. The Morgan fingerprint density at radius 3 is 2.14 bits per heavy atom. The van der Waals surface area contributed by atoms with Gasteiger partial charge in [-0.05, 0) is 48.2 Å². The van der Waals surface area contributed by atoms with Gasteiger partial charge in [-0.25, -0.2) is 0 Å². The lowest BCUT2D eigenvalue weighted by atomic mass is 10.1. The van der Waals surface area contributed by atoms with E-state index in [0.717, 1.165) is 28.2 Å². The van der Waals surface area contributed by atoms with Gasteiger partial charge in [0.25, 0.3) is 0 Å². The number of hydrogen-bond donors (Lipinski definition) is 1. The van der Waals surface area contributed by atoms with Crippen molar-refractivity contribution in [3.63, 3.8) is 0 Å². The quantitative estimate of drug-likeness (QED) is 0.436. The SMILES string of the molecule is Cc1c(-c2ccccc2)cc(-c2ccccc2)n1-c1cccc(CCC(=O)O)c1. The van der Waals surface area contributed by atoms with Gasteiger partial charge in [0.15, 0.2) is 0 Å². The predicted octanol–water partition coefficient (Wildman–Crippen LogP) is 6.14. The molecule has 0 aliphatic heterocycles. The Kier molecular flexibility index (Phi) is 5.30. The maximum Gasteiger partial charge on any atom is 0.303 e. The highest BCUT2D eigenvalue weighted by Gasteiger charge is 2.16. The fraction of sp³-hybridized carbons (Fsp3) is 0.115. The number of aromatic nitrogens is 1. The second kappa shape index (κ2) is 8.19. The molecule has 0 spiro atoms. The molecule has 1 heterocycles. The summed E-state index contributed by atoms with van der Waals surface area (Å²) in [6.07, 6.45) is 0.657. The molecule has 0 amide bonds. The lowest BCUT2D eigenvalue weighted by Gasteiger charge is -2.14. The van der Waals surface area contributed by atoms with Gasteiger partial charge in [0.1, 0.15) is 0 Å². The third-order valence-corrected chi connectivity index (χ3v) is 5.20. The van der Waals surface area contributed by atoms with Crippen molar-refractivity contribution in [1.29, 1.82) is 0 Å². The molecule has 0 saturated heterocycles. The zero-order chi connectivity index (χ0) is 20.2. The van der Waals surface area contributed by atoms with Gasteiger partial charge in [-0.1, -0.05) is 72.8 Å². The molecule has 0 fully saturated rings. The molecule has 0 saturated carbocycles. The molecule has 144 valence electrons. The minimum atomic E-state index is -0.774. The van der Waals surface area contributed by atoms with Gasteiger partial charge in [0, 0.05) is 23.4 Å². The van der Waals surface area contributed by atoms with E-state index in [-0.39, 0.29) is 6.42 Å². The number of carbonyl (C=O) groups is 1. The first-order valence-electron chi connectivity index (χ1n) is 9.78. The first kappa shape index (κ1) is 18.8. The summed E-state index contributed by atoms with van der Waals surface area (Å²) in [5.74, 6) is -0.774. The summed E-state index contributed by atoms with van der Waals surface area (Å²) < 4.78 is 2.27. The van der Waals surface area contributed by atoms with Crippen LogP contribution in [-0.4, -0.2) is 15.6 Å². The zero-order valence-corrected chi connectivity index (χ0v) is 16.4. The van der Waals surface area contributed by atoms with Gasteiger partial charge < -0.3 is 9.67 Å². The molecule has 1 aromatic heterocycles. The van der Waals surface area contributed by atoms with E-state index < -0.39 is 5.97 Å². The summed E-state index contributed by atoms with van der Waals surface area (Å²) in [6, 6.07) is 31.2. The number of hydrogen-bond acceptors (Lipinski definition) is 1. The minimum absolute atomic E-state index is 0.134. The number of benzene rings is 3. The monoisotopic (exact) mass is 381 g/mol. The molecule has 29 heavy (non-hydrogen) atoms. The third kappa shape index (κ3) is 3.99. The minimum Gasteiger partial charge on any atom is -0.481 e. The van der Waals surface area contributed by atoms with E-state index in [1.807, 2.05) is 36.4 Å². The maximum atomic E-state index is 11.0. The Labute approximate surface area is 170 Å². The van der Waals surface area contributed by atoms with Crippen LogP contribution in [0.2, 0.25) is 0 Å². The van der Waals surface area contributed by atoms with Gasteiger partial charge in [0.05, 0.1) is 5.69 Å². The fourth-order valence-electron chi connectivity index (χ4n) is 3.77. The number of carboxylic acids is 1. The van der Waals surface area contributed by atoms with E-state index in [1.165, 1.54) is 11.1 Å². The van der Waals surface area contributed by atoms with Crippen LogP contribution in [0, 0.1) is 6.92 Å². The number of aryl methyl sites for hydroxylation is 1. The topological polar surface area (TPSA) is 42.2 Å². The van der Waals surface area contributed by atoms with Crippen LogP contribution in [0.1, 0.15) is 17.7 Å². The summed E-state index contributed by atoms with van der Waals surface area (Å²) >= 11 is 0. The Balaban J connectivity index is 1.87. The van der Waals surface area contributed by atoms with Crippen molar-refractivity contribution in [1.82, 2.24) is 4.57 Å². The van der Waals surface area contributed by atoms with Crippen LogP contribution >= 0.6 is 0 Å². The molecule has 0 radical (unpaired) electrons. The molecular formula is C26H23NO2. The highest BCUT2D eigenvalue weighted by atomic mass is 16.4. The van der Waals surface area contributed by atoms with E-state index in [1.54, 1.807) is 0 Å². The smallest absolute Gasteiger partial charge is 0.303 e. The summed E-state index contributed by atoms with van der Waals surface area (Å²) in [6.45, 7) is 2.14. The standard InChI is InChI=1S/C26H23NO2/c1-19-24(21-10-4-2-5-11-21)18-25(22-12-6-3-7-13-22)27(19)23-14-8-9-20(17-23)15-16-26(28)29/h2-14,17-18H,15-16H2,1H3,(H,28,29). The molecule has 0 unspecified atom stereocenters. The first-order valence-corrected chi connectivity index (χ1v) is 9.78. The second-order valence-electron chi connectivity index (χ2n) is 7.16. The summed E-state index contributed by atoms with van der Waals surface area (Å²) in [4.78, 5) is 11.0. The molecule has 3 nitrogen and oxygen atoms in total. The predicted molar refractivity (Wildman–Crippen MR) is 117 cm³/mol. The molecule has 3 aromatic carbocycles. The number of nitrogens with zero attached hydrogens (tertiary/aromatic N) is 1. The van der Waals surface area contributed by atoms with Crippen molar-refractivity contribution in [3.8, 4) is 28.1 Å². The highest BCUT2D eigenvalue weighted by molar-refractivity contribution is 5.77. The van der Waals surface area contributed by atoms with Gasteiger partial charge >= 0.3 is 5.97 Å². The Morgan fingerprint density at radius 2 is 1.48 bits per heavy atom. The van der Waals surface area contributed by atoms with Crippen LogP contribution in [0.3, 0.4) is 0 Å².